The van der Waals surface area contributed by atoms with Crippen LogP contribution in [-0.4, -0.2) is 64.2 Å². The number of rotatable bonds is 10. The molecule has 1 unspecified atom stereocenters. The number of amides is 1. The molecule has 118 valence electrons. The molecule has 0 aliphatic heterocycles. The van der Waals surface area contributed by atoms with Gasteiger partial charge < -0.3 is 15.4 Å². The molecule has 1 aliphatic rings. The molecule has 2 N–H and O–H groups in total. The van der Waals surface area contributed by atoms with E-state index in [4.69, 9.17) is 4.74 Å². The van der Waals surface area contributed by atoms with Crippen LogP contribution in [-0.2, 0) is 16.1 Å². The maximum Gasteiger partial charge on any atom is 0.233 e. The zero-order valence-electron chi connectivity index (χ0n) is 12.4. The highest BCUT2D eigenvalue weighted by Crippen LogP contribution is 2.20. The van der Waals surface area contributed by atoms with Gasteiger partial charge in [-0.25, -0.2) is 4.68 Å². The number of thioether (sulfide) groups is 1. The van der Waals surface area contributed by atoms with Crippen LogP contribution < -0.4 is 10.6 Å². The average molecular weight is 314 g/mol. The number of nitrogens with one attached hydrogen (secondary N) is 2. The molecular formula is C12H22N6O2S. The van der Waals surface area contributed by atoms with Crippen LogP contribution in [0.25, 0.3) is 0 Å². The number of nitrogens with zero attached hydrogens (tertiary/aromatic N) is 4. The smallest absolute Gasteiger partial charge is 0.233 e. The Morgan fingerprint density at radius 3 is 3.05 bits per heavy atom. The van der Waals surface area contributed by atoms with Crippen molar-refractivity contribution in [3.8, 4) is 0 Å². The Kier molecular flexibility index (Phi) is 6.40. The molecule has 1 aromatic rings. The second kappa shape index (κ2) is 8.30. The Morgan fingerprint density at radius 2 is 2.33 bits per heavy atom. The minimum atomic E-state index is -0.247. The average Bonchev–Trinajstić information content (AvgIpc) is 3.19. The first-order valence-corrected chi connectivity index (χ1v) is 8.01. The number of ether oxygens (including phenoxy) is 1. The molecular weight excluding hydrogens is 292 g/mol. The van der Waals surface area contributed by atoms with Crippen molar-refractivity contribution in [2.45, 2.75) is 42.8 Å². The van der Waals surface area contributed by atoms with E-state index < -0.39 is 0 Å². The zero-order chi connectivity index (χ0) is 15.1. The molecule has 1 saturated carbocycles. The molecule has 1 amide bonds. The molecule has 2 rings (SSSR count). The monoisotopic (exact) mass is 314 g/mol. The first-order valence-electron chi connectivity index (χ1n) is 7.13. The minimum absolute atomic E-state index is 0.0392. The summed E-state index contributed by atoms with van der Waals surface area (Å²) in [6.45, 7) is 4.42. The van der Waals surface area contributed by atoms with E-state index in [-0.39, 0.29) is 11.2 Å². The molecule has 9 heteroatoms. The molecule has 0 bridgehead atoms. The Labute approximate surface area is 128 Å². The Morgan fingerprint density at radius 1 is 1.52 bits per heavy atom. The molecule has 0 saturated heterocycles. The van der Waals surface area contributed by atoms with Crippen LogP contribution in [0.5, 0.6) is 0 Å². The highest BCUT2D eigenvalue weighted by atomic mass is 32.2. The van der Waals surface area contributed by atoms with Gasteiger partial charge in [0.2, 0.25) is 11.1 Å². The molecule has 1 heterocycles. The third kappa shape index (κ3) is 5.60. The van der Waals surface area contributed by atoms with E-state index in [1.54, 1.807) is 11.8 Å². The van der Waals surface area contributed by atoms with Crippen LogP contribution >= 0.6 is 11.8 Å². The maximum absolute atomic E-state index is 11.9. The van der Waals surface area contributed by atoms with Crippen molar-refractivity contribution >= 4 is 17.7 Å². The second-order valence-electron chi connectivity index (χ2n) is 4.96. The number of hydrogen-bond donors (Lipinski definition) is 2. The summed E-state index contributed by atoms with van der Waals surface area (Å²) in [4.78, 5) is 11.9. The van der Waals surface area contributed by atoms with Crippen molar-refractivity contribution < 1.29 is 9.53 Å². The van der Waals surface area contributed by atoms with Gasteiger partial charge in [0.1, 0.15) is 0 Å². The fraction of sp³-hybridized carbons (Fsp3) is 0.833. The quantitative estimate of drug-likeness (QED) is 0.451. The largest absolute Gasteiger partial charge is 0.383 e. The van der Waals surface area contributed by atoms with Gasteiger partial charge >= 0.3 is 0 Å². The van der Waals surface area contributed by atoms with E-state index in [2.05, 4.69) is 26.2 Å². The lowest BCUT2D eigenvalue weighted by atomic mass is 10.4. The van der Waals surface area contributed by atoms with E-state index in [1.807, 2.05) is 6.92 Å². The molecule has 1 atom stereocenters. The predicted molar refractivity (Wildman–Crippen MR) is 79.0 cm³/mol. The first-order chi connectivity index (χ1) is 10.2. The van der Waals surface area contributed by atoms with E-state index in [0.29, 0.717) is 30.9 Å². The van der Waals surface area contributed by atoms with E-state index in [0.717, 1.165) is 6.54 Å². The van der Waals surface area contributed by atoms with E-state index in [1.165, 1.54) is 24.6 Å². The summed E-state index contributed by atoms with van der Waals surface area (Å²) >= 11 is 1.36. The fourth-order valence-electron chi connectivity index (χ4n) is 1.71. The molecule has 0 aromatic carbocycles. The summed E-state index contributed by atoms with van der Waals surface area (Å²) in [5, 5.41) is 18.3. The van der Waals surface area contributed by atoms with Crippen LogP contribution in [0.2, 0.25) is 0 Å². The second-order valence-corrected chi connectivity index (χ2v) is 6.26. The summed E-state index contributed by atoms with van der Waals surface area (Å²) in [5.74, 6) is -0.0392. The Balaban J connectivity index is 1.75. The number of carbonyl (C=O) groups is 1. The molecule has 8 nitrogen and oxygen atoms in total. The highest BCUT2D eigenvalue weighted by Gasteiger charge is 2.21. The van der Waals surface area contributed by atoms with Gasteiger partial charge in [0.15, 0.2) is 0 Å². The van der Waals surface area contributed by atoms with Crippen molar-refractivity contribution in [2.24, 2.45) is 0 Å². The van der Waals surface area contributed by atoms with Gasteiger partial charge in [-0.15, -0.1) is 5.10 Å². The van der Waals surface area contributed by atoms with Crippen LogP contribution in [0, 0.1) is 0 Å². The topological polar surface area (TPSA) is 94.0 Å². The third-order valence-electron chi connectivity index (χ3n) is 3.09. The predicted octanol–water partition coefficient (Wildman–Crippen LogP) is -0.332. The van der Waals surface area contributed by atoms with Crippen LogP contribution in [0.15, 0.2) is 5.16 Å². The zero-order valence-corrected chi connectivity index (χ0v) is 13.2. The van der Waals surface area contributed by atoms with Crippen LogP contribution in [0.3, 0.4) is 0 Å². The SMILES string of the molecule is COCCNC(=O)C(C)Sc1nnnn1CCNC1CC1. The third-order valence-corrected chi connectivity index (χ3v) is 4.16. The van der Waals surface area contributed by atoms with Gasteiger partial charge in [-0.2, -0.15) is 0 Å². The van der Waals surface area contributed by atoms with Crippen molar-refractivity contribution in [1.82, 2.24) is 30.8 Å². The number of hydrogen-bond acceptors (Lipinski definition) is 7. The summed E-state index contributed by atoms with van der Waals surface area (Å²) in [6, 6.07) is 0.670. The molecule has 21 heavy (non-hydrogen) atoms. The van der Waals surface area contributed by atoms with Crippen molar-refractivity contribution in [2.75, 3.05) is 26.8 Å². The number of methoxy groups -OCH3 is 1. The van der Waals surface area contributed by atoms with Gasteiger partial charge in [-0.1, -0.05) is 11.8 Å². The summed E-state index contributed by atoms with van der Waals surface area (Å²) < 4.78 is 6.64. The van der Waals surface area contributed by atoms with Gasteiger partial charge in [-0.05, 0) is 30.2 Å². The van der Waals surface area contributed by atoms with Crippen molar-refractivity contribution in [3.63, 3.8) is 0 Å². The Hall–Kier alpha value is -1.19. The van der Waals surface area contributed by atoms with Crippen molar-refractivity contribution in [1.29, 1.82) is 0 Å². The van der Waals surface area contributed by atoms with Gasteiger partial charge in [0, 0.05) is 26.2 Å². The fourth-order valence-corrected chi connectivity index (χ4v) is 2.55. The standard InChI is InChI=1S/C12H22N6O2S/c1-9(11(19)14-6-8-20-2)21-12-15-16-17-18(12)7-5-13-10-3-4-10/h9-10,13H,3-8H2,1-2H3,(H,14,19). The number of tetrazole rings is 1. The molecule has 1 aliphatic carbocycles. The maximum atomic E-state index is 11.9. The number of aromatic nitrogens is 4. The van der Waals surface area contributed by atoms with Gasteiger partial charge in [-0.3, -0.25) is 4.79 Å². The molecule has 0 radical (unpaired) electrons. The molecule has 1 aromatic heterocycles. The van der Waals surface area contributed by atoms with Crippen LogP contribution in [0.1, 0.15) is 19.8 Å². The van der Waals surface area contributed by atoms with Gasteiger partial charge in [0.05, 0.1) is 18.4 Å². The summed E-state index contributed by atoms with van der Waals surface area (Å²) in [6.07, 6.45) is 2.52. The summed E-state index contributed by atoms with van der Waals surface area (Å²) in [7, 11) is 1.61. The summed E-state index contributed by atoms with van der Waals surface area (Å²) in [5.41, 5.74) is 0. The molecule has 1 fully saturated rings. The Bertz CT molecular complexity index is 451. The first kappa shape index (κ1) is 16.2. The lowest BCUT2D eigenvalue weighted by Crippen LogP contribution is -2.33. The number of carbonyl (C=O) groups excluding carboxylic acids is 1. The lowest BCUT2D eigenvalue weighted by Gasteiger charge is -2.11. The van der Waals surface area contributed by atoms with E-state index >= 15 is 0 Å². The highest BCUT2D eigenvalue weighted by molar-refractivity contribution is 8.00. The molecule has 0 spiro atoms. The van der Waals surface area contributed by atoms with Crippen LogP contribution in [0.4, 0.5) is 0 Å². The van der Waals surface area contributed by atoms with E-state index in [9.17, 15) is 4.79 Å². The lowest BCUT2D eigenvalue weighted by molar-refractivity contribution is -0.120. The van der Waals surface area contributed by atoms with Gasteiger partial charge in [0.25, 0.3) is 0 Å². The minimum Gasteiger partial charge on any atom is -0.383 e. The van der Waals surface area contributed by atoms with Crippen molar-refractivity contribution in [3.05, 3.63) is 0 Å². The normalized spacial score (nSPS) is 15.9.